The maximum absolute atomic E-state index is 5.74. The summed E-state index contributed by atoms with van der Waals surface area (Å²) in [5.74, 6) is 2.17. The lowest BCUT2D eigenvalue weighted by atomic mass is 9.87. The lowest BCUT2D eigenvalue weighted by molar-refractivity contribution is 0.0949. The van der Waals surface area contributed by atoms with Gasteiger partial charge in [0.15, 0.2) is 0 Å². The largest absolute Gasteiger partial charge is 0.496 e. The lowest BCUT2D eigenvalue weighted by Gasteiger charge is -2.29. The van der Waals surface area contributed by atoms with E-state index in [1.54, 1.807) is 14.2 Å². The molecule has 0 aliphatic carbocycles. The first-order chi connectivity index (χ1) is 9.72. The molecule has 0 aromatic heterocycles. The number of hydrogen-bond acceptors (Lipinski definition) is 4. The van der Waals surface area contributed by atoms with Crippen LogP contribution in [0.25, 0.3) is 0 Å². The van der Waals surface area contributed by atoms with E-state index in [0.717, 1.165) is 36.6 Å². The smallest absolute Gasteiger partial charge is 0.127 e. The second-order valence-corrected chi connectivity index (χ2v) is 5.14. The molecule has 1 aliphatic heterocycles. The van der Waals surface area contributed by atoms with Crippen LogP contribution in [-0.4, -0.2) is 33.5 Å². The zero-order valence-corrected chi connectivity index (χ0v) is 12.8. The molecule has 0 spiro atoms. The summed E-state index contributed by atoms with van der Waals surface area (Å²) < 4.78 is 16.8. The van der Waals surface area contributed by atoms with E-state index in [0.29, 0.717) is 5.92 Å². The fourth-order valence-electron chi connectivity index (χ4n) is 3.06. The minimum atomic E-state index is 0.184. The van der Waals surface area contributed by atoms with Crippen LogP contribution in [0.3, 0.4) is 0 Å². The Morgan fingerprint density at radius 3 is 2.40 bits per heavy atom. The van der Waals surface area contributed by atoms with Gasteiger partial charge in [-0.25, -0.2) is 0 Å². The van der Waals surface area contributed by atoms with Gasteiger partial charge in [0.05, 0.1) is 25.9 Å². The zero-order chi connectivity index (χ0) is 14.5. The Labute approximate surface area is 121 Å². The van der Waals surface area contributed by atoms with Crippen molar-refractivity contribution in [2.45, 2.75) is 32.4 Å². The van der Waals surface area contributed by atoms with E-state index in [-0.39, 0.29) is 12.1 Å². The van der Waals surface area contributed by atoms with Crippen LogP contribution in [0.1, 0.15) is 31.9 Å². The molecule has 1 aromatic rings. The third kappa shape index (κ3) is 2.91. The molecule has 4 heteroatoms. The van der Waals surface area contributed by atoms with Crippen molar-refractivity contribution in [2.75, 3.05) is 27.4 Å². The van der Waals surface area contributed by atoms with Crippen molar-refractivity contribution in [1.82, 2.24) is 5.32 Å². The van der Waals surface area contributed by atoms with Gasteiger partial charge in [-0.3, -0.25) is 0 Å². The molecule has 4 nitrogen and oxygen atoms in total. The average molecular weight is 279 g/mol. The predicted molar refractivity (Wildman–Crippen MR) is 79.5 cm³/mol. The molecular formula is C16H25NO3. The van der Waals surface area contributed by atoms with E-state index in [4.69, 9.17) is 14.2 Å². The molecule has 3 unspecified atom stereocenters. The number of benzene rings is 1. The van der Waals surface area contributed by atoms with Crippen molar-refractivity contribution in [3.63, 3.8) is 0 Å². The third-order valence-electron chi connectivity index (χ3n) is 4.06. The van der Waals surface area contributed by atoms with Crippen LogP contribution in [0.4, 0.5) is 0 Å². The van der Waals surface area contributed by atoms with Gasteiger partial charge in [0.2, 0.25) is 0 Å². The van der Waals surface area contributed by atoms with E-state index in [9.17, 15) is 0 Å². The van der Waals surface area contributed by atoms with Crippen molar-refractivity contribution >= 4 is 0 Å². The zero-order valence-electron chi connectivity index (χ0n) is 12.8. The Kier molecular flexibility index (Phi) is 5.26. The van der Waals surface area contributed by atoms with Crippen LogP contribution in [0.2, 0.25) is 0 Å². The van der Waals surface area contributed by atoms with Crippen molar-refractivity contribution in [3.8, 4) is 11.5 Å². The van der Waals surface area contributed by atoms with Crippen LogP contribution in [0, 0.1) is 5.92 Å². The molecule has 1 saturated heterocycles. The number of ether oxygens (including phenoxy) is 3. The summed E-state index contributed by atoms with van der Waals surface area (Å²) in [5.41, 5.74) is 1.10. The predicted octanol–water partition coefficient (Wildman–Crippen LogP) is 2.78. The third-order valence-corrected chi connectivity index (χ3v) is 4.06. The Morgan fingerprint density at radius 1 is 1.30 bits per heavy atom. The van der Waals surface area contributed by atoms with E-state index >= 15 is 0 Å². The fourth-order valence-corrected chi connectivity index (χ4v) is 3.06. The topological polar surface area (TPSA) is 39.7 Å². The quantitative estimate of drug-likeness (QED) is 0.869. The second-order valence-electron chi connectivity index (χ2n) is 5.14. The standard InChI is InChI=1S/C16H25NO3/c1-5-17-16(12-9-10-20-11(12)2)15-13(18-3)7-6-8-14(15)19-4/h6-8,11-12,16-17H,5,9-10H2,1-4H3. The van der Waals surface area contributed by atoms with Crippen LogP contribution in [-0.2, 0) is 4.74 Å². The summed E-state index contributed by atoms with van der Waals surface area (Å²) in [5, 5.41) is 3.58. The Hall–Kier alpha value is -1.26. The molecule has 1 aliphatic rings. The molecule has 3 atom stereocenters. The first-order valence-corrected chi connectivity index (χ1v) is 7.28. The molecule has 0 radical (unpaired) electrons. The average Bonchev–Trinajstić information content (AvgIpc) is 2.90. The summed E-state index contributed by atoms with van der Waals surface area (Å²) in [6.07, 6.45) is 1.30. The van der Waals surface area contributed by atoms with Gasteiger partial charge in [-0.15, -0.1) is 0 Å². The van der Waals surface area contributed by atoms with Crippen molar-refractivity contribution in [3.05, 3.63) is 23.8 Å². The summed E-state index contributed by atoms with van der Waals surface area (Å²) in [7, 11) is 3.41. The molecule has 0 saturated carbocycles. The molecule has 0 bridgehead atoms. The molecular weight excluding hydrogens is 254 g/mol. The molecule has 1 heterocycles. The van der Waals surface area contributed by atoms with E-state index in [2.05, 4.69) is 19.2 Å². The van der Waals surface area contributed by atoms with Gasteiger partial charge < -0.3 is 19.5 Å². The Morgan fingerprint density at radius 2 is 1.95 bits per heavy atom. The number of rotatable bonds is 6. The maximum Gasteiger partial charge on any atom is 0.127 e. The summed E-state index contributed by atoms with van der Waals surface area (Å²) >= 11 is 0. The highest BCUT2D eigenvalue weighted by atomic mass is 16.5. The van der Waals surface area contributed by atoms with Crippen molar-refractivity contribution in [1.29, 1.82) is 0 Å². The maximum atomic E-state index is 5.74. The number of methoxy groups -OCH3 is 2. The van der Waals surface area contributed by atoms with Gasteiger partial charge in [0.25, 0.3) is 0 Å². The molecule has 112 valence electrons. The van der Waals surface area contributed by atoms with Gasteiger partial charge >= 0.3 is 0 Å². The first-order valence-electron chi connectivity index (χ1n) is 7.28. The normalized spacial score (nSPS) is 23.6. The first kappa shape index (κ1) is 15.1. The highest BCUT2D eigenvalue weighted by Crippen LogP contribution is 2.41. The molecule has 20 heavy (non-hydrogen) atoms. The minimum absolute atomic E-state index is 0.184. The van der Waals surface area contributed by atoms with Gasteiger partial charge in [0, 0.05) is 18.6 Å². The van der Waals surface area contributed by atoms with Gasteiger partial charge in [-0.1, -0.05) is 13.0 Å². The van der Waals surface area contributed by atoms with Crippen molar-refractivity contribution in [2.24, 2.45) is 5.92 Å². The van der Waals surface area contributed by atoms with Gasteiger partial charge in [-0.2, -0.15) is 0 Å². The summed E-state index contributed by atoms with van der Waals surface area (Å²) in [4.78, 5) is 0. The lowest BCUT2D eigenvalue weighted by Crippen LogP contribution is -2.32. The van der Waals surface area contributed by atoms with Crippen molar-refractivity contribution < 1.29 is 14.2 Å². The van der Waals surface area contributed by atoms with E-state index < -0.39 is 0 Å². The SMILES string of the molecule is CCNC(c1c(OC)cccc1OC)C1CCOC1C. The molecule has 1 aromatic carbocycles. The Bertz CT molecular complexity index is 413. The molecule has 1 fully saturated rings. The monoisotopic (exact) mass is 279 g/mol. The van der Waals surface area contributed by atoms with Crippen LogP contribution in [0.15, 0.2) is 18.2 Å². The summed E-state index contributed by atoms with van der Waals surface area (Å²) in [6.45, 7) is 5.99. The van der Waals surface area contributed by atoms with Crippen LogP contribution >= 0.6 is 0 Å². The van der Waals surface area contributed by atoms with Crippen LogP contribution < -0.4 is 14.8 Å². The number of nitrogens with one attached hydrogen (secondary N) is 1. The molecule has 0 amide bonds. The second kappa shape index (κ2) is 6.95. The Balaban J connectivity index is 2.42. The molecule has 2 rings (SSSR count). The van der Waals surface area contributed by atoms with E-state index in [1.807, 2.05) is 18.2 Å². The van der Waals surface area contributed by atoms with E-state index in [1.165, 1.54) is 0 Å². The van der Waals surface area contributed by atoms with Crippen LogP contribution in [0.5, 0.6) is 11.5 Å². The van der Waals surface area contributed by atoms with Gasteiger partial charge in [-0.05, 0) is 32.0 Å². The fraction of sp³-hybridized carbons (Fsp3) is 0.625. The highest BCUT2D eigenvalue weighted by molar-refractivity contribution is 5.47. The number of hydrogen-bond donors (Lipinski definition) is 1. The highest BCUT2D eigenvalue weighted by Gasteiger charge is 2.35. The minimum Gasteiger partial charge on any atom is -0.496 e. The molecule has 1 N–H and O–H groups in total. The summed E-state index contributed by atoms with van der Waals surface area (Å²) in [6, 6.07) is 6.12. The van der Waals surface area contributed by atoms with Gasteiger partial charge in [0.1, 0.15) is 11.5 Å².